The number of aromatic nitrogens is 6. The highest BCUT2D eigenvalue weighted by atomic mass is 19.1. The molecular weight excluding hydrogens is 475 g/mol. The maximum Gasteiger partial charge on any atom is 0.269 e. The Morgan fingerprint density at radius 1 is 1.14 bits per heavy atom. The lowest BCUT2D eigenvalue weighted by molar-refractivity contribution is 0.0996. The number of hydrogen-bond acceptors (Lipinski definition) is 9. The fourth-order valence-corrected chi connectivity index (χ4v) is 4.00. The number of fused-ring (bicyclic) bond motifs is 1. The van der Waals surface area contributed by atoms with Crippen molar-refractivity contribution in [2.45, 2.75) is 13.8 Å². The average Bonchev–Trinajstić information content (AvgIpc) is 3.34. The van der Waals surface area contributed by atoms with Gasteiger partial charge in [0.1, 0.15) is 23.3 Å². The smallest absolute Gasteiger partial charge is 0.269 e. The summed E-state index contributed by atoms with van der Waals surface area (Å²) >= 11 is 0. The van der Waals surface area contributed by atoms with Crippen LogP contribution in [0.4, 0.5) is 21.6 Å². The molecule has 182 valence electrons. The van der Waals surface area contributed by atoms with Gasteiger partial charge in [0.2, 0.25) is 0 Å². The van der Waals surface area contributed by atoms with Crippen LogP contribution in [0.3, 0.4) is 0 Å². The molecule has 0 aliphatic heterocycles. The second kappa shape index (κ2) is 8.97. The van der Waals surface area contributed by atoms with Gasteiger partial charge in [-0.1, -0.05) is 6.07 Å². The first kappa shape index (κ1) is 23.3. The molecule has 3 aromatic heterocycles. The van der Waals surface area contributed by atoms with Crippen LogP contribution in [0.2, 0.25) is 0 Å². The van der Waals surface area contributed by atoms with E-state index < -0.39 is 11.7 Å². The number of nitrogens with zero attached hydrogens (tertiary/aromatic N) is 6. The Balaban J connectivity index is 1.76. The number of amides is 1. The second-order valence-corrected chi connectivity index (χ2v) is 8.22. The Morgan fingerprint density at radius 3 is 2.70 bits per heavy atom. The Labute approximate surface area is 209 Å². The van der Waals surface area contributed by atoms with E-state index in [2.05, 4.69) is 30.5 Å². The molecule has 0 unspecified atom stereocenters. The quantitative estimate of drug-likeness (QED) is 0.283. The van der Waals surface area contributed by atoms with Gasteiger partial charge in [-0.25, -0.2) is 24.3 Å². The third-order valence-electron chi connectivity index (χ3n) is 5.75. The number of nitrogens with one attached hydrogen (secondary N) is 2. The highest BCUT2D eigenvalue weighted by Gasteiger charge is 2.23. The SMILES string of the molecule is Cc1ncc(C#N)c(Nc2cc(F)ccc2-c2nc(C(N)=O)c(N)c(-c3c(C)ccc4[nH]ncc34)n2)n1. The molecule has 11 nitrogen and oxygen atoms in total. The summed E-state index contributed by atoms with van der Waals surface area (Å²) in [6.07, 6.45) is 3.00. The number of nitrogen functional groups attached to an aromatic ring is 1. The van der Waals surface area contributed by atoms with E-state index in [0.29, 0.717) is 17.0 Å². The van der Waals surface area contributed by atoms with E-state index in [-0.39, 0.29) is 40.0 Å². The molecule has 0 aliphatic carbocycles. The number of H-pyrrole nitrogens is 1. The number of benzene rings is 2. The summed E-state index contributed by atoms with van der Waals surface area (Å²) < 4.78 is 14.4. The maximum atomic E-state index is 14.4. The number of anilines is 3. The molecule has 2 aromatic carbocycles. The predicted octanol–water partition coefficient (Wildman–Crippen LogP) is 3.53. The standard InChI is InChI=1S/C25H19FN10O/c1-11-3-6-17-16(10-31-36-17)19(11)21-20(28)22(23(29)37)35-25(34-21)15-5-4-14(26)7-18(15)33-24-13(8-27)9-30-12(2)32-24/h3-7,9-10H,28H2,1-2H3,(H2,29,37)(H,31,36)(H,30,32,33). The first-order valence-corrected chi connectivity index (χ1v) is 11.0. The Hall–Kier alpha value is -5.44. The molecule has 5 aromatic rings. The molecule has 0 fully saturated rings. The minimum atomic E-state index is -0.853. The van der Waals surface area contributed by atoms with Crippen molar-refractivity contribution in [2.24, 2.45) is 5.73 Å². The normalized spacial score (nSPS) is 10.9. The number of rotatable bonds is 5. The van der Waals surface area contributed by atoms with Crippen molar-refractivity contribution in [3.8, 4) is 28.7 Å². The third-order valence-corrected chi connectivity index (χ3v) is 5.75. The van der Waals surface area contributed by atoms with Gasteiger partial charge in [-0.05, 0) is 43.7 Å². The zero-order valence-corrected chi connectivity index (χ0v) is 19.7. The van der Waals surface area contributed by atoms with Crippen LogP contribution < -0.4 is 16.8 Å². The molecule has 0 atom stereocenters. The summed E-state index contributed by atoms with van der Waals surface area (Å²) in [6.45, 7) is 3.53. The third kappa shape index (κ3) is 4.14. The van der Waals surface area contributed by atoms with Crippen LogP contribution in [0.25, 0.3) is 33.5 Å². The molecule has 12 heteroatoms. The summed E-state index contributed by atoms with van der Waals surface area (Å²) in [4.78, 5) is 29.6. The van der Waals surface area contributed by atoms with Gasteiger partial charge in [0.25, 0.3) is 5.91 Å². The van der Waals surface area contributed by atoms with Crippen molar-refractivity contribution >= 4 is 34.0 Å². The van der Waals surface area contributed by atoms with E-state index >= 15 is 0 Å². The van der Waals surface area contributed by atoms with Crippen molar-refractivity contribution < 1.29 is 9.18 Å². The van der Waals surface area contributed by atoms with Crippen LogP contribution in [0.15, 0.2) is 42.7 Å². The molecule has 0 aliphatic rings. The van der Waals surface area contributed by atoms with Gasteiger partial charge in [0, 0.05) is 16.5 Å². The minimum Gasteiger partial charge on any atom is -0.395 e. The van der Waals surface area contributed by atoms with Crippen LogP contribution in [-0.2, 0) is 0 Å². The van der Waals surface area contributed by atoms with E-state index in [1.807, 2.05) is 25.1 Å². The average molecular weight is 494 g/mol. The van der Waals surface area contributed by atoms with Crippen molar-refractivity contribution in [1.82, 2.24) is 30.1 Å². The zero-order chi connectivity index (χ0) is 26.3. The molecule has 0 radical (unpaired) electrons. The Bertz CT molecular complexity index is 1760. The zero-order valence-electron chi connectivity index (χ0n) is 19.7. The number of carbonyl (C=O) groups is 1. The molecule has 0 spiro atoms. The fraction of sp³-hybridized carbons (Fsp3) is 0.0800. The van der Waals surface area contributed by atoms with E-state index in [9.17, 15) is 14.4 Å². The van der Waals surface area contributed by atoms with Gasteiger partial charge in [-0.3, -0.25) is 9.89 Å². The topological polar surface area (TPSA) is 185 Å². The summed E-state index contributed by atoms with van der Waals surface area (Å²) in [7, 11) is 0. The van der Waals surface area contributed by atoms with Crippen LogP contribution in [-0.4, -0.2) is 36.0 Å². The van der Waals surface area contributed by atoms with Crippen molar-refractivity contribution in [3.05, 3.63) is 71.2 Å². The number of nitriles is 1. The van der Waals surface area contributed by atoms with E-state index in [1.54, 1.807) is 13.1 Å². The second-order valence-electron chi connectivity index (χ2n) is 8.22. The monoisotopic (exact) mass is 494 g/mol. The fourth-order valence-electron chi connectivity index (χ4n) is 4.00. The lowest BCUT2D eigenvalue weighted by atomic mass is 9.99. The highest BCUT2D eigenvalue weighted by Crippen LogP contribution is 2.37. The Morgan fingerprint density at radius 2 is 1.95 bits per heavy atom. The molecule has 0 saturated carbocycles. The van der Waals surface area contributed by atoms with Crippen LogP contribution in [0, 0.1) is 31.0 Å². The van der Waals surface area contributed by atoms with Crippen LogP contribution in [0.5, 0.6) is 0 Å². The number of nitrogens with two attached hydrogens (primary N) is 2. The number of primary amides is 1. The van der Waals surface area contributed by atoms with E-state index in [1.165, 1.54) is 24.4 Å². The summed E-state index contributed by atoms with van der Waals surface area (Å²) in [5.41, 5.74) is 15.0. The van der Waals surface area contributed by atoms with Gasteiger partial charge in [0.15, 0.2) is 17.3 Å². The van der Waals surface area contributed by atoms with Gasteiger partial charge in [-0.2, -0.15) is 10.4 Å². The van der Waals surface area contributed by atoms with Crippen molar-refractivity contribution in [1.29, 1.82) is 5.26 Å². The summed E-state index contributed by atoms with van der Waals surface area (Å²) in [5, 5.41) is 20.2. The predicted molar refractivity (Wildman–Crippen MR) is 135 cm³/mol. The molecule has 0 saturated heterocycles. The van der Waals surface area contributed by atoms with Crippen LogP contribution >= 0.6 is 0 Å². The first-order valence-electron chi connectivity index (χ1n) is 11.0. The lowest BCUT2D eigenvalue weighted by Gasteiger charge is -2.16. The van der Waals surface area contributed by atoms with E-state index in [4.69, 9.17) is 16.5 Å². The molecular formula is C25H19FN10O. The van der Waals surface area contributed by atoms with E-state index in [0.717, 1.165) is 16.5 Å². The number of aromatic amines is 1. The largest absolute Gasteiger partial charge is 0.395 e. The number of halogens is 1. The van der Waals surface area contributed by atoms with Gasteiger partial charge in [-0.15, -0.1) is 0 Å². The summed E-state index contributed by atoms with van der Waals surface area (Å²) in [6, 6.07) is 9.62. The van der Waals surface area contributed by atoms with Gasteiger partial charge in [0.05, 0.1) is 35.0 Å². The molecule has 0 bridgehead atoms. The van der Waals surface area contributed by atoms with Crippen molar-refractivity contribution in [3.63, 3.8) is 0 Å². The minimum absolute atomic E-state index is 0.00265. The van der Waals surface area contributed by atoms with Crippen LogP contribution in [0.1, 0.15) is 27.4 Å². The van der Waals surface area contributed by atoms with Crippen molar-refractivity contribution in [2.75, 3.05) is 11.1 Å². The molecule has 3 heterocycles. The lowest BCUT2D eigenvalue weighted by Crippen LogP contribution is -2.18. The summed E-state index contributed by atoms with van der Waals surface area (Å²) in [5.74, 6) is -0.768. The number of hydrogen-bond donors (Lipinski definition) is 4. The highest BCUT2D eigenvalue weighted by molar-refractivity contribution is 6.04. The molecule has 37 heavy (non-hydrogen) atoms. The first-order chi connectivity index (χ1) is 17.8. The molecule has 6 N–H and O–H groups in total. The maximum absolute atomic E-state index is 14.4. The number of aryl methyl sites for hydroxylation is 2. The van der Waals surface area contributed by atoms with Gasteiger partial charge < -0.3 is 16.8 Å². The molecule has 5 rings (SSSR count). The Kier molecular flexibility index (Phi) is 5.65. The molecule has 1 amide bonds. The van der Waals surface area contributed by atoms with Gasteiger partial charge >= 0.3 is 0 Å². The number of carbonyl (C=O) groups excluding carboxylic acids is 1.